The molecule has 0 aromatic carbocycles. The predicted octanol–water partition coefficient (Wildman–Crippen LogP) is 7.22. The van der Waals surface area contributed by atoms with Crippen LogP contribution in [0.25, 0.3) is 0 Å². The summed E-state index contributed by atoms with van der Waals surface area (Å²) >= 11 is 0. The lowest BCUT2D eigenvalue weighted by atomic mass is 9.29. The van der Waals surface area contributed by atoms with Gasteiger partial charge in [0.2, 0.25) is 0 Å². The van der Waals surface area contributed by atoms with E-state index in [9.17, 15) is 9.90 Å². The molecule has 0 aliphatic heterocycles. The molecule has 1 N–H and O–H groups in total. The third-order valence-electron chi connectivity index (χ3n) is 14.6. The lowest BCUT2D eigenvalue weighted by Gasteiger charge is -2.76. The minimum atomic E-state index is -0.826. The monoisotopic (exact) mass is 484 g/mol. The molecule has 5 rings (SSSR count). The largest absolute Gasteiger partial charge is 0.385 e. The predicted molar refractivity (Wildman–Crippen MR) is 142 cm³/mol. The van der Waals surface area contributed by atoms with E-state index in [1.54, 1.807) is 0 Å². The first-order chi connectivity index (χ1) is 16.1. The molecule has 0 aromatic rings. The number of allylic oxidation sites excluding steroid dienone is 1. The first kappa shape index (κ1) is 26.0. The molecule has 5 aliphatic rings. The van der Waals surface area contributed by atoms with Gasteiger partial charge in [0.1, 0.15) is 5.78 Å². The molecule has 0 bridgehead atoms. The van der Waals surface area contributed by atoms with Gasteiger partial charge >= 0.3 is 0 Å². The summed E-state index contributed by atoms with van der Waals surface area (Å²) in [5.74, 6) is 2.11. The smallest absolute Gasteiger partial charge is 0.139 e. The van der Waals surface area contributed by atoms with Gasteiger partial charge in [0.15, 0.2) is 0 Å². The molecule has 5 aliphatic carbocycles. The van der Waals surface area contributed by atoms with E-state index in [4.69, 9.17) is 4.74 Å². The number of carbonyl (C=O) groups is 1. The van der Waals surface area contributed by atoms with Crippen LogP contribution in [0.2, 0.25) is 0 Å². The van der Waals surface area contributed by atoms with Gasteiger partial charge in [-0.05, 0) is 84.4 Å². The van der Waals surface area contributed by atoms with Crippen molar-refractivity contribution < 1.29 is 14.6 Å². The molecule has 4 fully saturated rings. The van der Waals surface area contributed by atoms with Crippen LogP contribution in [0.4, 0.5) is 0 Å². The second kappa shape index (κ2) is 7.46. The second-order valence-electron chi connectivity index (χ2n) is 15.4. The molecule has 0 radical (unpaired) electrons. The Hall–Kier alpha value is -0.670. The molecule has 0 saturated heterocycles. The van der Waals surface area contributed by atoms with Gasteiger partial charge in [-0.25, -0.2) is 0 Å². The molecule has 35 heavy (non-hydrogen) atoms. The Morgan fingerprint density at radius 3 is 2.20 bits per heavy atom. The highest BCUT2D eigenvalue weighted by Crippen LogP contribution is 2.78. The minimum Gasteiger partial charge on any atom is -0.385 e. The normalized spacial score (nSPS) is 57.0. The lowest BCUT2D eigenvalue weighted by Crippen LogP contribution is -2.74. The lowest BCUT2D eigenvalue weighted by molar-refractivity contribution is -0.287. The summed E-state index contributed by atoms with van der Waals surface area (Å²) in [7, 11) is 1.84. The van der Waals surface area contributed by atoms with E-state index >= 15 is 0 Å². The Balaban J connectivity index is 1.67. The van der Waals surface area contributed by atoms with Crippen LogP contribution >= 0.6 is 0 Å². The minimum absolute atomic E-state index is 0.000858. The highest BCUT2D eigenvalue weighted by Gasteiger charge is 2.76. The van der Waals surface area contributed by atoms with Gasteiger partial charge in [0, 0.05) is 30.3 Å². The van der Waals surface area contributed by atoms with Gasteiger partial charge in [-0.3, -0.25) is 4.79 Å². The van der Waals surface area contributed by atoms with Crippen molar-refractivity contribution in [2.24, 2.45) is 56.2 Å². The zero-order valence-electron chi connectivity index (χ0n) is 24.1. The van der Waals surface area contributed by atoms with Gasteiger partial charge in [0.25, 0.3) is 0 Å². The number of fused-ring (bicyclic) bond motifs is 7. The molecule has 0 spiro atoms. The van der Waals surface area contributed by atoms with Crippen molar-refractivity contribution in [2.75, 3.05) is 13.7 Å². The Labute approximate surface area is 214 Å². The van der Waals surface area contributed by atoms with Crippen LogP contribution in [-0.2, 0) is 9.53 Å². The van der Waals surface area contributed by atoms with Crippen molar-refractivity contribution in [2.45, 2.75) is 112 Å². The van der Waals surface area contributed by atoms with E-state index in [0.717, 1.165) is 45.1 Å². The van der Waals surface area contributed by atoms with Crippen LogP contribution < -0.4 is 0 Å². The maximum absolute atomic E-state index is 13.2. The summed E-state index contributed by atoms with van der Waals surface area (Å²) in [5, 5.41) is 13.0. The molecular weight excluding hydrogens is 432 g/mol. The van der Waals surface area contributed by atoms with Crippen LogP contribution in [0, 0.1) is 56.2 Å². The summed E-state index contributed by atoms with van der Waals surface area (Å²) in [6.45, 7) is 19.8. The number of Topliss-reactive ketones (excluding diaryl/α,β-unsaturated/α-hetero) is 1. The molecular formula is C32H52O3. The average molecular weight is 485 g/mol. The molecule has 3 heteroatoms. The average Bonchev–Trinajstić information content (AvgIpc) is 2.79. The number of hydrogen-bond acceptors (Lipinski definition) is 3. The number of ether oxygens (including phenoxy) is 1. The molecule has 3 nitrogen and oxygen atoms in total. The molecule has 0 heterocycles. The topological polar surface area (TPSA) is 46.5 Å². The van der Waals surface area contributed by atoms with Gasteiger partial charge < -0.3 is 9.84 Å². The number of ketones is 1. The standard InChI is InChI=1S/C32H52O3/c1-21-10-14-31(20-35-9)19-18-30(8)28(6)16-17-29(7)26(3,4)24(33)12-13-27(29,5)23(28)11-15-32(30,34)25(31)22(21)2/h11,15,21-23,25,34H,10,12-14,16-20H2,1-9H3/t21-,22+,23-,25?,27-,28-,29+,30+,31-,32+/m1/s1. The number of methoxy groups -OCH3 is 1. The Kier molecular flexibility index (Phi) is 5.53. The highest BCUT2D eigenvalue weighted by atomic mass is 16.5. The first-order valence-corrected chi connectivity index (χ1v) is 14.5. The summed E-state index contributed by atoms with van der Waals surface area (Å²) in [6.07, 6.45) is 13.2. The summed E-state index contributed by atoms with van der Waals surface area (Å²) in [4.78, 5) is 13.2. The SMILES string of the molecule is COC[C@]12CC[C@@H](C)[C@H](C)C1[C@@]1(O)C=C[C@H]3[C@@](C)(CC[C@@]4(C)C(C)(C)C(=O)CC[C@]34C)[C@]1(C)CC2. The zero-order valence-corrected chi connectivity index (χ0v) is 24.1. The van der Waals surface area contributed by atoms with E-state index in [2.05, 4.69) is 67.5 Å². The Morgan fingerprint density at radius 1 is 0.914 bits per heavy atom. The van der Waals surface area contributed by atoms with Crippen molar-refractivity contribution in [3.05, 3.63) is 12.2 Å². The number of rotatable bonds is 2. The Morgan fingerprint density at radius 2 is 1.54 bits per heavy atom. The molecule has 4 saturated carbocycles. The van der Waals surface area contributed by atoms with Crippen molar-refractivity contribution in [1.82, 2.24) is 0 Å². The van der Waals surface area contributed by atoms with Crippen LogP contribution in [0.15, 0.2) is 12.2 Å². The summed E-state index contributed by atoms with van der Waals surface area (Å²) in [5.41, 5.74) is -1.25. The van der Waals surface area contributed by atoms with Crippen molar-refractivity contribution in [1.29, 1.82) is 0 Å². The van der Waals surface area contributed by atoms with Gasteiger partial charge in [-0.15, -0.1) is 0 Å². The molecule has 1 unspecified atom stereocenters. The van der Waals surface area contributed by atoms with E-state index in [1.807, 2.05) is 7.11 Å². The van der Waals surface area contributed by atoms with Crippen LogP contribution in [0.3, 0.4) is 0 Å². The van der Waals surface area contributed by atoms with E-state index in [0.29, 0.717) is 30.0 Å². The first-order valence-electron chi connectivity index (χ1n) is 14.5. The third-order valence-corrected chi connectivity index (χ3v) is 14.6. The van der Waals surface area contributed by atoms with Crippen molar-refractivity contribution >= 4 is 5.78 Å². The molecule has 0 amide bonds. The maximum atomic E-state index is 13.2. The van der Waals surface area contributed by atoms with Gasteiger partial charge in [-0.1, -0.05) is 67.5 Å². The van der Waals surface area contributed by atoms with Crippen LogP contribution in [-0.4, -0.2) is 30.2 Å². The van der Waals surface area contributed by atoms with E-state index < -0.39 is 5.60 Å². The number of carbonyl (C=O) groups excluding carboxylic acids is 1. The fourth-order valence-electron chi connectivity index (χ4n) is 11.3. The van der Waals surface area contributed by atoms with E-state index in [-0.39, 0.29) is 38.4 Å². The summed E-state index contributed by atoms with van der Waals surface area (Å²) < 4.78 is 5.88. The molecule has 0 aromatic heterocycles. The number of aliphatic hydroxyl groups is 1. The maximum Gasteiger partial charge on any atom is 0.139 e. The van der Waals surface area contributed by atoms with Crippen LogP contribution in [0.1, 0.15) is 107 Å². The highest BCUT2D eigenvalue weighted by molar-refractivity contribution is 5.86. The van der Waals surface area contributed by atoms with Gasteiger partial charge in [-0.2, -0.15) is 0 Å². The fraction of sp³-hybridized carbons (Fsp3) is 0.906. The van der Waals surface area contributed by atoms with Crippen LogP contribution in [0.5, 0.6) is 0 Å². The molecule has 198 valence electrons. The number of hydrogen-bond donors (Lipinski definition) is 1. The van der Waals surface area contributed by atoms with Gasteiger partial charge in [0.05, 0.1) is 12.2 Å². The molecule has 10 atom stereocenters. The van der Waals surface area contributed by atoms with E-state index in [1.165, 1.54) is 6.42 Å². The Bertz CT molecular complexity index is 937. The fourth-order valence-corrected chi connectivity index (χ4v) is 11.3. The second-order valence-corrected chi connectivity index (χ2v) is 15.4. The van der Waals surface area contributed by atoms with Crippen molar-refractivity contribution in [3.8, 4) is 0 Å². The third kappa shape index (κ3) is 2.74. The van der Waals surface area contributed by atoms with Crippen molar-refractivity contribution in [3.63, 3.8) is 0 Å². The summed E-state index contributed by atoms with van der Waals surface area (Å²) in [6, 6.07) is 0. The zero-order chi connectivity index (χ0) is 25.9. The quantitative estimate of drug-likeness (QED) is 0.421.